The highest BCUT2D eigenvalue weighted by Crippen LogP contribution is 2.41. The predicted molar refractivity (Wildman–Crippen MR) is 84.4 cm³/mol. The van der Waals surface area contributed by atoms with Crippen LogP contribution >= 0.6 is 0 Å². The van der Waals surface area contributed by atoms with E-state index in [2.05, 4.69) is 0 Å². The number of nitrogens with zero attached hydrogens (tertiary/aromatic N) is 1. The average molecular weight is 313 g/mol. The minimum atomic E-state index is -0.662. The summed E-state index contributed by atoms with van der Waals surface area (Å²) < 4.78 is 11.5. The summed E-state index contributed by atoms with van der Waals surface area (Å²) in [7, 11) is 0. The Kier molecular flexibility index (Phi) is 5.07. The molecule has 0 spiro atoms. The molecular weight excluding hydrogens is 282 g/mol. The molecule has 22 heavy (non-hydrogen) atoms. The smallest absolute Gasteiger partial charge is 0.412 e. The third kappa shape index (κ3) is 4.35. The Morgan fingerprint density at radius 3 is 2.55 bits per heavy atom. The van der Waals surface area contributed by atoms with E-state index in [1.807, 2.05) is 34.6 Å². The lowest BCUT2D eigenvalue weighted by Gasteiger charge is -2.37. The van der Waals surface area contributed by atoms with Crippen LogP contribution in [0.15, 0.2) is 0 Å². The van der Waals surface area contributed by atoms with Crippen LogP contribution in [0.1, 0.15) is 60.3 Å². The van der Waals surface area contributed by atoms with Crippen molar-refractivity contribution >= 4 is 6.09 Å². The summed E-state index contributed by atoms with van der Waals surface area (Å²) in [6.45, 7) is 10.1. The maximum atomic E-state index is 12.7. The van der Waals surface area contributed by atoms with Crippen LogP contribution in [0.2, 0.25) is 0 Å². The monoisotopic (exact) mass is 313 g/mol. The highest BCUT2D eigenvalue weighted by Gasteiger charge is 2.48. The number of carbonyl (C=O) groups is 1. The quantitative estimate of drug-likeness (QED) is 0.847. The van der Waals surface area contributed by atoms with Crippen molar-refractivity contribution in [1.82, 2.24) is 4.90 Å². The lowest BCUT2D eigenvalue weighted by molar-refractivity contribution is -0.0650. The minimum Gasteiger partial charge on any atom is -0.444 e. The first kappa shape index (κ1) is 17.5. The fourth-order valence-electron chi connectivity index (χ4n) is 3.26. The van der Waals surface area contributed by atoms with E-state index in [9.17, 15) is 9.90 Å². The van der Waals surface area contributed by atoms with Gasteiger partial charge in [-0.25, -0.2) is 4.79 Å². The van der Waals surface area contributed by atoms with Crippen LogP contribution in [0, 0.1) is 11.8 Å². The Hall–Kier alpha value is -0.810. The van der Waals surface area contributed by atoms with Gasteiger partial charge in [-0.2, -0.15) is 0 Å². The normalized spacial score (nSPS) is 26.1. The maximum Gasteiger partial charge on any atom is 0.412 e. The lowest BCUT2D eigenvalue weighted by atomic mass is 9.90. The Morgan fingerprint density at radius 1 is 1.41 bits per heavy atom. The van der Waals surface area contributed by atoms with Crippen LogP contribution in [-0.4, -0.2) is 46.7 Å². The minimum absolute atomic E-state index is 0.0161. The zero-order valence-corrected chi connectivity index (χ0v) is 14.6. The van der Waals surface area contributed by atoms with Gasteiger partial charge < -0.3 is 14.6 Å². The van der Waals surface area contributed by atoms with Crippen molar-refractivity contribution in [2.45, 2.75) is 77.7 Å². The van der Waals surface area contributed by atoms with Gasteiger partial charge in [-0.3, -0.25) is 4.90 Å². The number of hydrogen-bond acceptors (Lipinski definition) is 4. The Morgan fingerprint density at radius 2 is 2.05 bits per heavy atom. The average Bonchev–Trinajstić information content (AvgIpc) is 3.09. The highest BCUT2D eigenvalue weighted by atomic mass is 16.6. The molecule has 2 rings (SSSR count). The second-order valence-electron chi connectivity index (χ2n) is 8.13. The van der Waals surface area contributed by atoms with Gasteiger partial charge in [0.05, 0.1) is 12.6 Å². The molecule has 0 bridgehead atoms. The van der Waals surface area contributed by atoms with Crippen LogP contribution in [0.5, 0.6) is 0 Å². The SMILES string of the molecule is CC(C)(C)OC(=O)N1[C@H]([C@@H](CCO)CC2CC2)COC1(C)C. The molecule has 0 aromatic rings. The van der Waals surface area contributed by atoms with Crippen molar-refractivity contribution in [1.29, 1.82) is 0 Å². The summed E-state index contributed by atoms with van der Waals surface area (Å²) in [6, 6.07) is -0.0161. The fourth-order valence-corrected chi connectivity index (χ4v) is 3.26. The molecule has 2 atom stereocenters. The molecule has 1 N–H and O–H groups in total. The van der Waals surface area contributed by atoms with E-state index in [-0.39, 0.29) is 24.7 Å². The summed E-state index contributed by atoms with van der Waals surface area (Å²) in [6.07, 6.45) is 3.99. The van der Waals surface area contributed by atoms with Gasteiger partial charge in [-0.1, -0.05) is 12.8 Å². The first-order valence-corrected chi connectivity index (χ1v) is 8.41. The third-order valence-corrected chi connectivity index (χ3v) is 4.49. The van der Waals surface area contributed by atoms with Gasteiger partial charge in [-0.05, 0) is 59.3 Å². The number of carbonyl (C=O) groups excluding carboxylic acids is 1. The van der Waals surface area contributed by atoms with Crippen molar-refractivity contribution in [3.63, 3.8) is 0 Å². The van der Waals surface area contributed by atoms with Crippen LogP contribution in [0.25, 0.3) is 0 Å². The zero-order valence-electron chi connectivity index (χ0n) is 14.6. The molecule has 5 nitrogen and oxygen atoms in total. The summed E-state index contributed by atoms with van der Waals surface area (Å²) in [5, 5.41) is 9.40. The van der Waals surface area contributed by atoms with Gasteiger partial charge in [0, 0.05) is 6.61 Å². The van der Waals surface area contributed by atoms with E-state index in [1.165, 1.54) is 12.8 Å². The van der Waals surface area contributed by atoms with E-state index in [4.69, 9.17) is 9.47 Å². The molecule has 2 fully saturated rings. The van der Waals surface area contributed by atoms with Gasteiger partial charge in [0.25, 0.3) is 0 Å². The lowest BCUT2D eigenvalue weighted by Crippen LogP contribution is -2.52. The third-order valence-electron chi connectivity index (χ3n) is 4.49. The molecule has 0 radical (unpaired) electrons. The number of amides is 1. The number of aliphatic hydroxyl groups excluding tert-OH is 1. The molecule has 1 amide bonds. The summed E-state index contributed by atoms with van der Waals surface area (Å²) in [5.74, 6) is 1.02. The van der Waals surface area contributed by atoms with Gasteiger partial charge in [0.15, 0.2) is 0 Å². The molecule has 2 aliphatic rings. The van der Waals surface area contributed by atoms with Crippen molar-refractivity contribution in [2.24, 2.45) is 11.8 Å². The van der Waals surface area contributed by atoms with Crippen molar-refractivity contribution in [3.05, 3.63) is 0 Å². The van der Waals surface area contributed by atoms with Crippen molar-refractivity contribution < 1.29 is 19.4 Å². The molecule has 1 saturated heterocycles. The first-order valence-electron chi connectivity index (χ1n) is 8.41. The molecule has 1 aliphatic heterocycles. The molecule has 1 heterocycles. The summed E-state index contributed by atoms with van der Waals surface area (Å²) >= 11 is 0. The van der Waals surface area contributed by atoms with Gasteiger partial charge in [-0.15, -0.1) is 0 Å². The van der Waals surface area contributed by atoms with Crippen LogP contribution in [0.4, 0.5) is 4.79 Å². The van der Waals surface area contributed by atoms with Crippen LogP contribution < -0.4 is 0 Å². The molecule has 1 saturated carbocycles. The number of aliphatic hydroxyl groups is 1. The van der Waals surface area contributed by atoms with Gasteiger partial charge in [0.2, 0.25) is 0 Å². The number of ether oxygens (including phenoxy) is 2. The maximum absolute atomic E-state index is 12.7. The van der Waals surface area contributed by atoms with E-state index >= 15 is 0 Å². The van der Waals surface area contributed by atoms with Crippen LogP contribution in [-0.2, 0) is 9.47 Å². The molecule has 1 aliphatic carbocycles. The molecule has 0 aromatic carbocycles. The fraction of sp³-hybridized carbons (Fsp3) is 0.941. The van der Waals surface area contributed by atoms with Crippen molar-refractivity contribution in [2.75, 3.05) is 13.2 Å². The number of rotatable bonds is 5. The van der Waals surface area contributed by atoms with Crippen molar-refractivity contribution in [3.8, 4) is 0 Å². The van der Waals surface area contributed by atoms with E-state index in [0.717, 1.165) is 12.3 Å². The van der Waals surface area contributed by atoms with E-state index in [1.54, 1.807) is 4.90 Å². The first-order chi connectivity index (χ1) is 10.1. The van der Waals surface area contributed by atoms with E-state index < -0.39 is 11.3 Å². The molecule has 5 heteroatoms. The zero-order chi connectivity index (χ0) is 16.5. The topological polar surface area (TPSA) is 59.0 Å². The second-order valence-corrected chi connectivity index (χ2v) is 8.13. The highest BCUT2D eigenvalue weighted by molar-refractivity contribution is 5.69. The standard InChI is InChI=1S/C17H31NO4/c1-16(2,3)22-15(20)18-14(11-21-17(18,4)5)13(8-9-19)10-12-6-7-12/h12-14,19H,6-11H2,1-5H3/t13-,14-/m0/s1. The second kappa shape index (κ2) is 6.36. The summed E-state index contributed by atoms with van der Waals surface area (Å²) in [4.78, 5) is 14.4. The largest absolute Gasteiger partial charge is 0.444 e. The summed E-state index contributed by atoms with van der Waals surface area (Å²) in [5.41, 5.74) is -1.19. The van der Waals surface area contributed by atoms with E-state index in [0.29, 0.717) is 13.0 Å². The van der Waals surface area contributed by atoms with Gasteiger partial charge in [0.1, 0.15) is 11.3 Å². The molecule has 0 unspecified atom stereocenters. The Labute approximate surface area is 134 Å². The van der Waals surface area contributed by atoms with Crippen LogP contribution in [0.3, 0.4) is 0 Å². The number of hydrogen-bond donors (Lipinski definition) is 1. The van der Waals surface area contributed by atoms with Gasteiger partial charge >= 0.3 is 6.09 Å². The molecule has 0 aromatic heterocycles. The Bertz CT molecular complexity index is 398. The molecule has 128 valence electrons. The Balaban J connectivity index is 2.14. The predicted octanol–water partition coefficient (Wildman–Crippen LogP) is 3.16. The molecular formula is C17H31NO4.